The maximum atomic E-state index is 11.5. The van der Waals surface area contributed by atoms with Gasteiger partial charge in [-0.3, -0.25) is 0 Å². The van der Waals surface area contributed by atoms with E-state index in [1.807, 2.05) is 24.4 Å². The standard InChI is InChI=1S/C15H15Cl2NO2/c1-2-20-15(19)14-8-11(9-18-14)4-3-10-5-6-12(16)13(17)7-10/h5-9,18H,2-4H2,1H3. The highest BCUT2D eigenvalue weighted by molar-refractivity contribution is 6.42. The molecule has 0 saturated carbocycles. The minimum atomic E-state index is -0.326. The summed E-state index contributed by atoms with van der Waals surface area (Å²) in [6, 6.07) is 7.42. The first kappa shape index (κ1) is 14.9. The summed E-state index contributed by atoms with van der Waals surface area (Å²) in [6.07, 6.45) is 3.47. The topological polar surface area (TPSA) is 42.1 Å². The molecule has 0 unspecified atom stereocenters. The Kier molecular flexibility index (Phi) is 5.10. The predicted molar refractivity (Wildman–Crippen MR) is 80.6 cm³/mol. The summed E-state index contributed by atoms with van der Waals surface area (Å²) < 4.78 is 4.93. The van der Waals surface area contributed by atoms with E-state index >= 15 is 0 Å². The molecule has 0 aliphatic carbocycles. The van der Waals surface area contributed by atoms with Crippen molar-refractivity contribution >= 4 is 29.2 Å². The lowest BCUT2D eigenvalue weighted by Gasteiger charge is -2.02. The molecule has 1 N–H and O–H groups in total. The number of rotatable bonds is 5. The minimum Gasteiger partial charge on any atom is -0.461 e. The van der Waals surface area contributed by atoms with Crippen molar-refractivity contribution in [3.63, 3.8) is 0 Å². The van der Waals surface area contributed by atoms with Crippen molar-refractivity contribution in [3.8, 4) is 0 Å². The Bertz CT molecular complexity index is 608. The first-order chi connectivity index (χ1) is 9.60. The Morgan fingerprint density at radius 3 is 2.60 bits per heavy atom. The Morgan fingerprint density at radius 2 is 1.90 bits per heavy atom. The number of H-pyrrole nitrogens is 1. The van der Waals surface area contributed by atoms with E-state index in [-0.39, 0.29) is 5.97 Å². The van der Waals surface area contributed by atoms with Crippen LogP contribution in [0, 0.1) is 0 Å². The van der Waals surface area contributed by atoms with Crippen LogP contribution >= 0.6 is 23.2 Å². The van der Waals surface area contributed by atoms with Crippen molar-refractivity contribution < 1.29 is 9.53 Å². The maximum Gasteiger partial charge on any atom is 0.354 e. The van der Waals surface area contributed by atoms with Gasteiger partial charge in [-0.05, 0) is 49.1 Å². The van der Waals surface area contributed by atoms with Gasteiger partial charge < -0.3 is 9.72 Å². The minimum absolute atomic E-state index is 0.326. The molecule has 0 atom stereocenters. The molecule has 0 bridgehead atoms. The highest BCUT2D eigenvalue weighted by Gasteiger charge is 2.09. The van der Waals surface area contributed by atoms with Crippen molar-refractivity contribution in [2.24, 2.45) is 0 Å². The summed E-state index contributed by atoms with van der Waals surface area (Å²) in [5.74, 6) is -0.326. The van der Waals surface area contributed by atoms with Gasteiger partial charge in [0.25, 0.3) is 0 Å². The van der Waals surface area contributed by atoms with Crippen molar-refractivity contribution in [2.45, 2.75) is 19.8 Å². The number of halogens is 2. The van der Waals surface area contributed by atoms with E-state index in [0.29, 0.717) is 22.3 Å². The van der Waals surface area contributed by atoms with Crippen LogP contribution in [-0.4, -0.2) is 17.6 Å². The van der Waals surface area contributed by atoms with Gasteiger partial charge in [-0.15, -0.1) is 0 Å². The zero-order valence-corrected chi connectivity index (χ0v) is 12.6. The van der Waals surface area contributed by atoms with Crippen LogP contribution in [0.25, 0.3) is 0 Å². The number of aromatic nitrogens is 1. The molecule has 1 heterocycles. The van der Waals surface area contributed by atoms with Crippen LogP contribution in [0.4, 0.5) is 0 Å². The number of hydrogen-bond acceptors (Lipinski definition) is 2. The normalized spacial score (nSPS) is 10.6. The molecule has 0 radical (unpaired) electrons. The maximum absolute atomic E-state index is 11.5. The number of ether oxygens (including phenoxy) is 1. The quantitative estimate of drug-likeness (QED) is 0.837. The number of benzene rings is 1. The van der Waals surface area contributed by atoms with E-state index < -0.39 is 0 Å². The molecule has 1 aromatic carbocycles. The fourth-order valence-corrected chi connectivity index (χ4v) is 2.21. The second kappa shape index (κ2) is 6.82. The number of carbonyl (C=O) groups is 1. The van der Waals surface area contributed by atoms with Crippen LogP contribution in [-0.2, 0) is 17.6 Å². The van der Waals surface area contributed by atoms with Gasteiger partial charge in [-0.25, -0.2) is 4.79 Å². The lowest BCUT2D eigenvalue weighted by atomic mass is 10.1. The summed E-state index contributed by atoms with van der Waals surface area (Å²) in [5, 5.41) is 1.12. The summed E-state index contributed by atoms with van der Waals surface area (Å²) >= 11 is 11.9. The lowest BCUT2D eigenvalue weighted by molar-refractivity contribution is 0.0520. The molecule has 0 aliphatic rings. The van der Waals surface area contributed by atoms with Crippen molar-refractivity contribution in [2.75, 3.05) is 6.61 Å². The van der Waals surface area contributed by atoms with E-state index in [0.717, 1.165) is 24.0 Å². The zero-order valence-electron chi connectivity index (χ0n) is 11.1. The molecule has 0 aliphatic heterocycles. The molecule has 1 aromatic heterocycles. The predicted octanol–water partition coefficient (Wildman–Crippen LogP) is 4.28. The molecule has 0 saturated heterocycles. The summed E-state index contributed by atoms with van der Waals surface area (Å²) in [7, 11) is 0. The highest BCUT2D eigenvalue weighted by atomic mass is 35.5. The summed E-state index contributed by atoms with van der Waals surface area (Å²) in [6.45, 7) is 2.16. The molecule has 0 fully saturated rings. The third-order valence-corrected chi connectivity index (χ3v) is 3.66. The summed E-state index contributed by atoms with van der Waals surface area (Å²) in [4.78, 5) is 14.5. The largest absolute Gasteiger partial charge is 0.461 e. The van der Waals surface area contributed by atoms with Gasteiger partial charge in [0, 0.05) is 6.20 Å². The van der Waals surface area contributed by atoms with Crippen molar-refractivity contribution in [3.05, 3.63) is 57.3 Å². The van der Waals surface area contributed by atoms with Crippen molar-refractivity contribution in [1.29, 1.82) is 0 Å². The van der Waals surface area contributed by atoms with Crippen LogP contribution in [0.3, 0.4) is 0 Å². The molecule has 3 nitrogen and oxygen atoms in total. The molecular formula is C15H15Cl2NO2. The Labute approximate surface area is 127 Å². The molecule has 106 valence electrons. The van der Waals surface area contributed by atoms with E-state index in [9.17, 15) is 4.79 Å². The Hall–Kier alpha value is -1.45. The number of aromatic amines is 1. The molecule has 2 rings (SSSR count). The fourth-order valence-electron chi connectivity index (χ4n) is 1.89. The monoisotopic (exact) mass is 311 g/mol. The average molecular weight is 312 g/mol. The van der Waals surface area contributed by atoms with Gasteiger partial charge in [0.2, 0.25) is 0 Å². The van der Waals surface area contributed by atoms with Gasteiger partial charge in [0.15, 0.2) is 0 Å². The SMILES string of the molecule is CCOC(=O)c1cc(CCc2ccc(Cl)c(Cl)c2)c[nH]1. The molecule has 0 spiro atoms. The van der Waals surface area contributed by atoms with Crippen LogP contribution in [0.2, 0.25) is 10.0 Å². The van der Waals surface area contributed by atoms with Gasteiger partial charge in [-0.1, -0.05) is 29.3 Å². The number of esters is 1. The van der Waals surface area contributed by atoms with Crippen LogP contribution in [0.15, 0.2) is 30.5 Å². The average Bonchev–Trinajstić information content (AvgIpc) is 2.89. The molecule has 5 heteroatoms. The first-order valence-corrected chi connectivity index (χ1v) is 7.14. The van der Waals surface area contributed by atoms with E-state index in [1.165, 1.54) is 0 Å². The smallest absolute Gasteiger partial charge is 0.354 e. The van der Waals surface area contributed by atoms with E-state index in [1.54, 1.807) is 13.0 Å². The third-order valence-electron chi connectivity index (χ3n) is 2.92. The van der Waals surface area contributed by atoms with Gasteiger partial charge in [0.1, 0.15) is 5.69 Å². The second-order valence-electron chi connectivity index (χ2n) is 4.39. The van der Waals surface area contributed by atoms with E-state index in [4.69, 9.17) is 27.9 Å². The third kappa shape index (κ3) is 3.78. The molecule has 2 aromatic rings. The molecular weight excluding hydrogens is 297 g/mol. The number of hydrogen-bond donors (Lipinski definition) is 1. The van der Waals surface area contributed by atoms with Gasteiger partial charge >= 0.3 is 5.97 Å². The lowest BCUT2D eigenvalue weighted by Crippen LogP contribution is -2.04. The van der Waals surface area contributed by atoms with Crippen LogP contribution < -0.4 is 0 Å². The van der Waals surface area contributed by atoms with Crippen molar-refractivity contribution in [1.82, 2.24) is 4.98 Å². The molecule has 0 amide bonds. The number of aryl methyl sites for hydroxylation is 2. The Morgan fingerprint density at radius 1 is 1.15 bits per heavy atom. The second-order valence-corrected chi connectivity index (χ2v) is 5.20. The van der Waals surface area contributed by atoms with Gasteiger partial charge in [0.05, 0.1) is 16.7 Å². The van der Waals surface area contributed by atoms with Gasteiger partial charge in [-0.2, -0.15) is 0 Å². The molecule has 20 heavy (non-hydrogen) atoms. The zero-order chi connectivity index (χ0) is 14.5. The van der Waals surface area contributed by atoms with Crippen LogP contribution in [0.5, 0.6) is 0 Å². The number of nitrogens with one attached hydrogen (secondary N) is 1. The van der Waals surface area contributed by atoms with Crippen LogP contribution in [0.1, 0.15) is 28.5 Å². The summed E-state index contributed by atoms with van der Waals surface area (Å²) in [5.41, 5.74) is 2.65. The Balaban J connectivity index is 1.97. The first-order valence-electron chi connectivity index (χ1n) is 6.38. The highest BCUT2D eigenvalue weighted by Crippen LogP contribution is 2.23. The fraction of sp³-hybridized carbons (Fsp3) is 0.267. The number of carbonyl (C=O) groups excluding carboxylic acids is 1. The van der Waals surface area contributed by atoms with E-state index in [2.05, 4.69) is 4.98 Å².